The molecule has 0 radical (unpaired) electrons. The standard InChI is InChI=1S/C9H11F3N2O2/c1-6(4-8(15)16)7-2-3-13-14(7)5-9(10,11)12/h2-3,6H,4-5H2,1H3,(H,15,16). The third kappa shape index (κ3) is 3.56. The molecule has 0 aliphatic carbocycles. The second-order valence-electron chi connectivity index (χ2n) is 3.53. The van der Waals surface area contributed by atoms with Gasteiger partial charge in [-0.2, -0.15) is 18.3 Å². The van der Waals surface area contributed by atoms with E-state index in [-0.39, 0.29) is 12.1 Å². The van der Waals surface area contributed by atoms with Gasteiger partial charge >= 0.3 is 12.1 Å². The fourth-order valence-corrected chi connectivity index (χ4v) is 1.43. The number of carboxylic acid groups (broad SMARTS) is 1. The van der Waals surface area contributed by atoms with Crippen LogP contribution in [0.2, 0.25) is 0 Å². The van der Waals surface area contributed by atoms with Gasteiger partial charge in [0.05, 0.1) is 6.42 Å². The predicted molar refractivity (Wildman–Crippen MR) is 48.9 cm³/mol. The summed E-state index contributed by atoms with van der Waals surface area (Å²) in [6, 6.07) is 1.40. The third-order valence-corrected chi connectivity index (χ3v) is 2.06. The highest BCUT2D eigenvalue weighted by molar-refractivity contribution is 5.67. The number of hydrogen-bond acceptors (Lipinski definition) is 2. The lowest BCUT2D eigenvalue weighted by Gasteiger charge is -2.13. The Morgan fingerprint density at radius 3 is 2.75 bits per heavy atom. The van der Waals surface area contributed by atoms with Gasteiger partial charge in [0.2, 0.25) is 0 Å². The van der Waals surface area contributed by atoms with E-state index in [2.05, 4.69) is 5.10 Å². The topological polar surface area (TPSA) is 55.1 Å². The van der Waals surface area contributed by atoms with Gasteiger partial charge in [-0.05, 0) is 6.07 Å². The minimum atomic E-state index is -4.36. The van der Waals surface area contributed by atoms with Crippen molar-refractivity contribution in [3.05, 3.63) is 18.0 Å². The highest BCUT2D eigenvalue weighted by atomic mass is 19.4. The summed E-state index contributed by atoms with van der Waals surface area (Å²) in [5.74, 6) is -1.55. The molecule has 16 heavy (non-hydrogen) atoms. The average Bonchev–Trinajstić information content (AvgIpc) is 2.47. The van der Waals surface area contributed by atoms with Crippen molar-refractivity contribution in [1.29, 1.82) is 0 Å². The molecule has 0 aromatic carbocycles. The summed E-state index contributed by atoms with van der Waals surface area (Å²) in [6.07, 6.45) is -3.34. The minimum absolute atomic E-state index is 0.219. The zero-order chi connectivity index (χ0) is 12.3. The Labute approximate surface area is 89.7 Å². The fraction of sp³-hybridized carbons (Fsp3) is 0.556. The summed E-state index contributed by atoms with van der Waals surface area (Å²) in [5.41, 5.74) is 0.278. The first-order valence-electron chi connectivity index (χ1n) is 4.60. The van der Waals surface area contributed by atoms with Crippen molar-refractivity contribution in [3.63, 3.8) is 0 Å². The molecule has 1 aromatic rings. The van der Waals surface area contributed by atoms with Crippen LogP contribution in [-0.2, 0) is 11.3 Å². The van der Waals surface area contributed by atoms with Crippen LogP contribution in [-0.4, -0.2) is 27.0 Å². The van der Waals surface area contributed by atoms with E-state index in [9.17, 15) is 18.0 Å². The molecule has 1 N–H and O–H groups in total. The van der Waals surface area contributed by atoms with Gasteiger partial charge in [0.25, 0.3) is 0 Å². The molecule has 90 valence electrons. The van der Waals surface area contributed by atoms with Crippen LogP contribution >= 0.6 is 0 Å². The maximum Gasteiger partial charge on any atom is 0.408 e. The molecule has 4 nitrogen and oxygen atoms in total. The molecule has 0 amide bonds. The second kappa shape index (κ2) is 4.54. The van der Waals surface area contributed by atoms with Crippen LogP contribution < -0.4 is 0 Å². The molecule has 0 aliphatic heterocycles. The van der Waals surface area contributed by atoms with E-state index < -0.39 is 24.6 Å². The number of halogens is 3. The first-order valence-corrected chi connectivity index (χ1v) is 4.60. The lowest BCUT2D eigenvalue weighted by molar-refractivity contribution is -0.143. The Kier molecular flexibility index (Phi) is 3.56. The lowest BCUT2D eigenvalue weighted by Crippen LogP contribution is -2.21. The molecule has 1 unspecified atom stereocenters. The zero-order valence-electron chi connectivity index (χ0n) is 8.53. The molecule has 7 heteroatoms. The number of nitrogens with zero attached hydrogens (tertiary/aromatic N) is 2. The number of alkyl halides is 3. The maximum atomic E-state index is 12.1. The summed E-state index contributed by atoms with van der Waals surface area (Å²) >= 11 is 0. The van der Waals surface area contributed by atoms with E-state index >= 15 is 0 Å². The van der Waals surface area contributed by atoms with E-state index in [1.165, 1.54) is 12.3 Å². The van der Waals surface area contributed by atoms with Crippen LogP contribution in [0.1, 0.15) is 25.0 Å². The number of aliphatic carboxylic acids is 1. The van der Waals surface area contributed by atoms with Crippen LogP contribution in [0.15, 0.2) is 12.3 Å². The lowest BCUT2D eigenvalue weighted by atomic mass is 10.0. The van der Waals surface area contributed by atoms with Crippen molar-refractivity contribution in [1.82, 2.24) is 9.78 Å². The summed E-state index contributed by atoms with van der Waals surface area (Å²) in [4.78, 5) is 10.4. The molecule has 1 heterocycles. The molecule has 0 aliphatic rings. The van der Waals surface area contributed by atoms with E-state index in [0.29, 0.717) is 0 Å². The Morgan fingerprint density at radius 1 is 1.62 bits per heavy atom. The second-order valence-corrected chi connectivity index (χ2v) is 3.53. The Bertz CT molecular complexity index is 373. The number of rotatable bonds is 4. The molecular weight excluding hydrogens is 225 g/mol. The molecule has 0 spiro atoms. The van der Waals surface area contributed by atoms with Crippen molar-refractivity contribution < 1.29 is 23.1 Å². The zero-order valence-corrected chi connectivity index (χ0v) is 8.53. The van der Waals surface area contributed by atoms with Crippen molar-refractivity contribution >= 4 is 5.97 Å². The van der Waals surface area contributed by atoms with E-state index in [0.717, 1.165) is 4.68 Å². The summed E-state index contributed by atoms with van der Waals surface area (Å²) in [5, 5.41) is 12.1. The molecule has 0 saturated heterocycles. The van der Waals surface area contributed by atoms with Gasteiger partial charge < -0.3 is 5.11 Å². The van der Waals surface area contributed by atoms with E-state index in [1.54, 1.807) is 6.92 Å². The normalized spacial score (nSPS) is 13.8. The Balaban J connectivity index is 2.81. The highest BCUT2D eigenvalue weighted by Crippen LogP contribution is 2.23. The van der Waals surface area contributed by atoms with Crippen molar-refractivity contribution in [3.8, 4) is 0 Å². The van der Waals surface area contributed by atoms with Crippen LogP contribution in [0.5, 0.6) is 0 Å². The van der Waals surface area contributed by atoms with E-state index in [4.69, 9.17) is 5.11 Å². The number of hydrogen-bond donors (Lipinski definition) is 1. The average molecular weight is 236 g/mol. The summed E-state index contributed by atoms with van der Waals surface area (Å²) in [7, 11) is 0. The van der Waals surface area contributed by atoms with Crippen molar-refractivity contribution in [2.45, 2.75) is 32.0 Å². The van der Waals surface area contributed by atoms with Crippen molar-refractivity contribution in [2.75, 3.05) is 0 Å². The van der Waals surface area contributed by atoms with Gasteiger partial charge in [-0.25, -0.2) is 0 Å². The van der Waals surface area contributed by atoms with Crippen LogP contribution in [0, 0.1) is 0 Å². The quantitative estimate of drug-likeness (QED) is 0.870. The third-order valence-electron chi connectivity index (χ3n) is 2.06. The van der Waals surface area contributed by atoms with E-state index in [1.807, 2.05) is 0 Å². The monoisotopic (exact) mass is 236 g/mol. The largest absolute Gasteiger partial charge is 0.481 e. The summed E-state index contributed by atoms with van der Waals surface area (Å²) < 4.78 is 37.2. The molecule has 0 fully saturated rings. The number of carboxylic acids is 1. The van der Waals surface area contributed by atoms with Crippen molar-refractivity contribution in [2.24, 2.45) is 0 Å². The van der Waals surface area contributed by atoms with Crippen LogP contribution in [0.4, 0.5) is 13.2 Å². The van der Waals surface area contributed by atoms with Gasteiger partial charge in [0.15, 0.2) is 0 Å². The predicted octanol–water partition coefficient (Wildman–Crippen LogP) is 2.02. The minimum Gasteiger partial charge on any atom is -0.481 e. The van der Waals surface area contributed by atoms with Gasteiger partial charge in [-0.15, -0.1) is 0 Å². The number of aromatic nitrogens is 2. The van der Waals surface area contributed by atoms with Gasteiger partial charge in [0, 0.05) is 17.8 Å². The number of carbonyl (C=O) groups is 1. The SMILES string of the molecule is CC(CC(=O)O)c1ccnn1CC(F)(F)F. The van der Waals surface area contributed by atoms with Gasteiger partial charge in [0.1, 0.15) is 6.54 Å². The Morgan fingerprint density at radius 2 is 2.25 bits per heavy atom. The van der Waals surface area contributed by atoms with Crippen LogP contribution in [0.3, 0.4) is 0 Å². The van der Waals surface area contributed by atoms with Gasteiger partial charge in [-0.1, -0.05) is 6.92 Å². The molecule has 0 bridgehead atoms. The molecule has 0 saturated carbocycles. The fourth-order valence-electron chi connectivity index (χ4n) is 1.43. The maximum absolute atomic E-state index is 12.1. The smallest absolute Gasteiger partial charge is 0.408 e. The molecule has 1 rings (SSSR count). The van der Waals surface area contributed by atoms with Crippen LogP contribution in [0.25, 0.3) is 0 Å². The molecular formula is C9H11F3N2O2. The highest BCUT2D eigenvalue weighted by Gasteiger charge is 2.30. The molecule has 1 atom stereocenters. The summed E-state index contributed by atoms with van der Waals surface area (Å²) in [6.45, 7) is 0.358. The van der Waals surface area contributed by atoms with Gasteiger partial charge in [-0.3, -0.25) is 9.48 Å². The Hall–Kier alpha value is -1.53. The first-order chi connectivity index (χ1) is 7.29. The first kappa shape index (κ1) is 12.5. The molecule has 1 aromatic heterocycles.